The second kappa shape index (κ2) is 7.98. The Kier molecular flexibility index (Phi) is 5.96. The van der Waals surface area contributed by atoms with Crippen LogP contribution in [0.4, 0.5) is 0 Å². The highest BCUT2D eigenvalue weighted by Crippen LogP contribution is 2.12. The van der Waals surface area contributed by atoms with Crippen molar-refractivity contribution in [1.82, 2.24) is 15.6 Å². The number of aromatic nitrogens is 1. The van der Waals surface area contributed by atoms with Crippen LogP contribution in [-0.2, 0) is 6.54 Å². The van der Waals surface area contributed by atoms with Gasteiger partial charge >= 0.3 is 0 Å². The molecule has 0 saturated carbocycles. The maximum absolute atomic E-state index is 4.34. The zero-order valence-electron chi connectivity index (χ0n) is 12.5. The molecule has 0 spiro atoms. The predicted octanol–water partition coefficient (Wildman–Crippen LogP) is 2.96. The maximum Gasteiger partial charge on any atom is 0.0702 e. The molecule has 3 nitrogen and oxygen atoms in total. The minimum Gasteiger partial charge on any atom is -0.316 e. The Bertz CT molecular complexity index is 522. The summed E-state index contributed by atoms with van der Waals surface area (Å²) in [4.78, 5) is 4.34. The lowest BCUT2D eigenvalue weighted by molar-refractivity contribution is 0.530. The number of nitrogens with zero attached hydrogens (tertiary/aromatic N) is 1. The number of nitrogens with one attached hydrogen (secondary N) is 2. The first-order valence-corrected chi connectivity index (χ1v) is 7.51. The molecule has 1 heterocycles. The molecule has 0 aliphatic carbocycles. The molecule has 0 aliphatic heterocycles. The minimum atomic E-state index is 0.731. The van der Waals surface area contributed by atoms with Crippen LogP contribution in [0.25, 0.3) is 10.9 Å². The summed E-state index contributed by atoms with van der Waals surface area (Å²) in [6.07, 6.45) is 3.01. The molecular formula is C17H25N3. The standard InChI is InChI=1S/C17H25N3/c1-14(2)12-18-8-4-9-19-13-15-6-7-17-16(11-15)5-3-10-20-17/h3,5-7,10-11,14,18-19H,4,8-9,12-13H2,1-2H3. The largest absolute Gasteiger partial charge is 0.316 e. The molecule has 20 heavy (non-hydrogen) atoms. The van der Waals surface area contributed by atoms with Gasteiger partial charge in [-0.15, -0.1) is 0 Å². The van der Waals surface area contributed by atoms with Crippen LogP contribution in [0.3, 0.4) is 0 Å². The van der Waals surface area contributed by atoms with E-state index in [0.29, 0.717) is 0 Å². The molecule has 2 rings (SSSR count). The van der Waals surface area contributed by atoms with Gasteiger partial charge in [-0.3, -0.25) is 4.98 Å². The van der Waals surface area contributed by atoms with Gasteiger partial charge < -0.3 is 10.6 Å². The van der Waals surface area contributed by atoms with Crippen LogP contribution >= 0.6 is 0 Å². The van der Waals surface area contributed by atoms with Gasteiger partial charge in [-0.05, 0) is 55.7 Å². The number of pyridine rings is 1. The fraction of sp³-hybridized carbons (Fsp3) is 0.471. The topological polar surface area (TPSA) is 37.0 Å². The van der Waals surface area contributed by atoms with Crippen LogP contribution in [0.5, 0.6) is 0 Å². The van der Waals surface area contributed by atoms with Crippen LogP contribution in [0.1, 0.15) is 25.8 Å². The second-order valence-corrected chi connectivity index (χ2v) is 5.66. The molecule has 0 fully saturated rings. The zero-order valence-corrected chi connectivity index (χ0v) is 12.5. The van der Waals surface area contributed by atoms with E-state index >= 15 is 0 Å². The van der Waals surface area contributed by atoms with E-state index in [4.69, 9.17) is 0 Å². The quantitative estimate of drug-likeness (QED) is 0.725. The molecule has 0 atom stereocenters. The van der Waals surface area contributed by atoms with E-state index < -0.39 is 0 Å². The summed E-state index contributed by atoms with van der Waals surface area (Å²) in [5.41, 5.74) is 2.38. The van der Waals surface area contributed by atoms with Crippen LogP contribution in [0.2, 0.25) is 0 Å². The fourth-order valence-corrected chi connectivity index (χ4v) is 2.20. The van der Waals surface area contributed by atoms with Gasteiger partial charge in [0.25, 0.3) is 0 Å². The molecule has 0 unspecified atom stereocenters. The summed E-state index contributed by atoms with van der Waals surface area (Å²) in [6, 6.07) is 10.6. The van der Waals surface area contributed by atoms with E-state index in [2.05, 4.69) is 53.7 Å². The van der Waals surface area contributed by atoms with Crippen molar-refractivity contribution in [2.45, 2.75) is 26.8 Å². The van der Waals surface area contributed by atoms with E-state index in [1.165, 1.54) is 17.4 Å². The summed E-state index contributed by atoms with van der Waals surface area (Å²) >= 11 is 0. The van der Waals surface area contributed by atoms with Crippen molar-refractivity contribution in [3.63, 3.8) is 0 Å². The SMILES string of the molecule is CC(C)CNCCCNCc1ccc2ncccc2c1. The number of benzene rings is 1. The summed E-state index contributed by atoms with van der Waals surface area (Å²) in [7, 11) is 0. The smallest absolute Gasteiger partial charge is 0.0702 e. The monoisotopic (exact) mass is 271 g/mol. The summed E-state index contributed by atoms with van der Waals surface area (Å²) < 4.78 is 0. The van der Waals surface area contributed by atoms with Gasteiger partial charge in [0.2, 0.25) is 0 Å². The summed E-state index contributed by atoms with van der Waals surface area (Å²) in [5, 5.41) is 8.17. The molecule has 0 saturated heterocycles. The van der Waals surface area contributed by atoms with Gasteiger partial charge in [-0.25, -0.2) is 0 Å². The number of fused-ring (bicyclic) bond motifs is 1. The van der Waals surface area contributed by atoms with E-state index in [1.807, 2.05) is 12.3 Å². The van der Waals surface area contributed by atoms with Crippen molar-refractivity contribution in [2.24, 2.45) is 5.92 Å². The number of rotatable bonds is 8. The van der Waals surface area contributed by atoms with Crippen LogP contribution in [0.15, 0.2) is 36.5 Å². The normalized spacial score (nSPS) is 11.3. The molecular weight excluding hydrogens is 246 g/mol. The third-order valence-corrected chi connectivity index (χ3v) is 3.26. The third-order valence-electron chi connectivity index (χ3n) is 3.26. The van der Waals surface area contributed by atoms with Crippen molar-refractivity contribution in [2.75, 3.05) is 19.6 Å². The summed E-state index contributed by atoms with van der Waals surface area (Å²) in [6.45, 7) is 8.65. The van der Waals surface area contributed by atoms with Gasteiger partial charge in [0, 0.05) is 18.1 Å². The first-order valence-electron chi connectivity index (χ1n) is 7.51. The molecule has 1 aromatic carbocycles. The van der Waals surface area contributed by atoms with Gasteiger partial charge in [-0.2, -0.15) is 0 Å². The number of hydrogen-bond acceptors (Lipinski definition) is 3. The molecule has 2 N–H and O–H groups in total. The molecule has 0 bridgehead atoms. The molecule has 1 aromatic heterocycles. The first kappa shape index (κ1) is 14.9. The molecule has 0 amide bonds. The van der Waals surface area contributed by atoms with Crippen molar-refractivity contribution < 1.29 is 0 Å². The molecule has 0 radical (unpaired) electrons. The Hall–Kier alpha value is -1.45. The Balaban J connectivity index is 1.68. The lowest BCUT2D eigenvalue weighted by Crippen LogP contribution is -2.24. The molecule has 108 valence electrons. The van der Waals surface area contributed by atoms with Crippen molar-refractivity contribution >= 4 is 10.9 Å². The Labute approximate surface area is 121 Å². The van der Waals surface area contributed by atoms with Crippen molar-refractivity contribution in [3.05, 3.63) is 42.1 Å². The van der Waals surface area contributed by atoms with Gasteiger partial charge in [-0.1, -0.05) is 26.0 Å². The first-order chi connectivity index (χ1) is 9.75. The molecule has 0 aliphatic rings. The van der Waals surface area contributed by atoms with Gasteiger partial charge in [0.05, 0.1) is 5.52 Å². The fourth-order valence-electron chi connectivity index (χ4n) is 2.20. The van der Waals surface area contributed by atoms with Gasteiger partial charge in [0.1, 0.15) is 0 Å². The van der Waals surface area contributed by atoms with Crippen LogP contribution in [0, 0.1) is 5.92 Å². The lowest BCUT2D eigenvalue weighted by Gasteiger charge is -2.08. The predicted molar refractivity (Wildman–Crippen MR) is 85.8 cm³/mol. The average Bonchev–Trinajstić information content (AvgIpc) is 2.46. The highest BCUT2D eigenvalue weighted by molar-refractivity contribution is 5.78. The van der Waals surface area contributed by atoms with E-state index in [0.717, 1.165) is 37.6 Å². The average molecular weight is 271 g/mol. The van der Waals surface area contributed by atoms with Crippen molar-refractivity contribution in [3.8, 4) is 0 Å². The number of hydrogen-bond donors (Lipinski definition) is 2. The third kappa shape index (κ3) is 4.91. The van der Waals surface area contributed by atoms with E-state index in [-0.39, 0.29) is 0 Å². The molecule has 2 aromatic rings. The van der Waals surface area contributed by atoms with E-state index in [1.54, 1.807) is 0 Å². The molecule has 3 heteroatoms. The Morgan fingerprint density at radius 2 is 1.95 bits per heavy atom. The zero-order chi connectivity index (χ0) is 14.2. The van der Waals surface area contributed by atoms with E-state index in [9.17, 15) is 0 Å². The summed E-state index contributed by atoms with van der Waals surface area (Å²) in [5.74, 6) is 0.731. The minimum absolute atomic E-state index is 0.731. The highest BCUT2D eigenvalue weighted by atomic mass is 14.9. The lowest BCUT2D eigenvalue weighted by atomic mass is 10.1. The van der Waals surface area contributed by atoms with Crippen LogP contribution < -0.4 is 10.6 Å². The second-order valence-electron chi connectivity index (χ2n) is 5.66. The highest BCUT2D eigenvalue weighted by Gasteiger charge is 1.97. The van der Waals surface area contributed by atoms with Crippen LogP contribution in [-0.4, -0.2) is 24.6 Å². The van der Waals surface area contributed by atoms with Gasteiger partial charge in [0.15, 0.2) is 0 Å². The maximum atomic E-state index is 4.34. The van der Waals surface area contributed by atoms with Crippen molar-refractivity contribution in [1.29, 1.82) is 0 Å². The Morgan fingerprint density at radius 3 is 2.80 bits per heavy atom. The Morgan fingerprint density at radius 1 is 1.10 bits per heavy atom.